The molecule has 6 nitrogen and oxygen atoms in total. The number of carbonyl (C=O) groups is 1. The lowest BCUT2D eigenvalue weighted by atomic mass is 9.92. The number of aliphatic hydroxyl groups excluding tert-OH is 1. The van der Waals surface area contributed by atoms with E-state index in [4.69, 9.17) is 4.74 Å². The molecule has 0 saturated carbocycles. The maximum absolute atomic E-state index is 12.9. The van der Waals surface area contributed by atoms with Crippen LogP contribution >= 0.6 is 0 Å². The zero-order valence-corrected chi connectivity index (χ0v) is 17.6. The Kier molecular flexibility index (Phi) is 5.24. The molecule has 2 aliphatic rings. The number of benzene rings is 2. The molecule has 2 aromatic carbocycles. The first-order valence-electron chi connectivity index (χ1n) is 10.9. The zero-order valence-electron chi connectivity index (χ0n) is 17.6. The Hall–Kier alpha value is -3.12. The van der Waals surface area contributed by atoms with Crippen molar-refractivity contribution in [3.05, 3.63) is 77.9 Å². The summed E-state index contributed by atoms with van der Waals surface area (Å²) in [4.78, 5) is 18.9. The molecule has 2 unspecified atom stereocenters. The van der Waals surface area contributed by atoms with Gasteiger partial charge in [0.25, 0.3) is 0 Å². The summed E-state index contributed by atoms with van der Waals surface area (Å²) in [5, 5.41) is 10.8. The second-order valence-electron chi connectivity index (χ2n) is 8.49. The number of aromatic nitrogens is 2. The number of likely N-dealkylation sites (tertiary alicyclic amines) is 1. The van der Waals surface area contributed by atoms with Gasteiger partial charge in [-0.3, -0.25) is 0 Å². The number of nitrogens with zero attached hydrogens (tertiary/aromatic N) is 3. The van der Waals surface area contributed by atoms with Gasteiger partial charge >= 0.3 is 6.09 Å². The van der Waals surface area contributed by atoms with Crippen LogP contribution in [0.4, 0.5) is 4.79 Å². The molecule has 5 rings (SSSR count). The van der Waals surface area contributed by atoms with E-state index in [9.17, 15) is 9.90 Å². The van der Waals surface area contributed by atoms with Crippen molar-refractivity contribution >= 4 is 6.09 Å². The number of hydrogen-bond donors (Lipinski definition) is 1. The van der Waals surface area contributed by atoms with E-state index in [0.29, 0.717) is 25.5 Å². The second kappa shape index (κ2) is 8.19. The minimum absolute atomic E-state index is 0.0460. The number of hydrogen-bond acceptors (Lipinski definition) is 4. The summed E-state index contributed by atoms with van der Waals surface area (Å²) in [5.41, 5.74) is 4.85. The van der Waals surface area contributed by atoms with Crippen molar-refractivity contribution in [3.63, 3.8) is 0 Å². The van der Waals surface area contributed by atoms with E-state index in [1.807, 2.05) is 42.1 Å². The fourth-order valence-electron chi connectivity index (χ4n) is 4.99. The Labute approximate surface area is 182 Å². The summed E-state index contributed by atoms with van der Waals surface area (Å²) in [7, 11) is 1.87. The summed E-state index contributed by atoms with van der Waals surface area (Å²) in [5.74, 6) is 0.643. The van der Waals surface area contributed by atoms with E-state index in [-0.39, 0.29) is 17.9 Å². The highest BCUT2D eigenvalue weighted by atomic mass is 16.6. The van der Waals surface area contributed by atoms with E-state index < -0.39 is 6.10 Å². The average molecular weight is 418 g/mol. The van der Waals surface area contributed by atoms with E-state index in [1.54, 1.807) is 11.1 Å². The first-order chi connectivity index (χ1) is 15.1. The fraction of sp³-hybridized carbons (Fsp3) is 0.360. The van der Waals surface area contributed by atoms with E-state index >= 15 is 0 Å². The molecule has 1 saturated heterocycles. The summed E-state index contributed by atoms with van der Waals surface area (Å²) in [6.45, 7) is 1.45. The van der Waals surface area contributed by atoms with Crippen molar-refractivity contribution in [2.75, 3.05) is 19.7 Å². The van der Waals surface area contributed by atoms with Crippen LogP contribution in [-0.2, 0) is 11.8 Å². The molecule has 1 aliphatic carbocycles. The van der Waals surface area contributed by atoms with Crippen LogP contribution in [0.1, 0.15) is 41.8 Å². The van der Waals surface area contributed by atoms with Crippen LogP contribution in [-0.4, -0.2) is 45.3 Å². The molecule has 3 aromatic rings. The summed E-state index contributed by atoms with van der Waals surface area (Å²) in [6.07, 6.45) is 4.22. The van der Waals surface area contributed by atoms with Gasteiger partial charge in [-0.2, -0.15) is 0 Å². The van der Waals surface area contributed by atoms with Gasteiger partial charge in [-0.25, -0.2) is 9.78 Å². The van der Waals surface area contributed by atoms with Crippen molar-refractivity contribution < 1.29 is 14.6 Å². The van der Waals surface area contributed by atoms with Crippen LogP contribution in [0.25, 0.3) is 11.1 Å². The molecule has 0 bridgehead atoms. The number of ether oxygens (including phenoxy) is 1. The monoisotopic (exact) mass is 417 g/mol. The quantitative estimate of drug-likeness (QED) is 0.694. The topological polar surface area (TPSA) is 67.6 Å². The lowest BCUT2D eigenvalue weighted by molar-refractivity contribution is 0.0336. The fourth-order valence-corrected chi connectivity index (χ4v) is 4.99. The maximum Gasteiger partial charge on any atom is 0.409 e. The van der Waals surface area contributed by atoms with Crippen molar-refractivity contribution in [2.45, 2.75) is 24.9 Å². The van der Waals surface area contributed by atoms with Gasteiger partial charge < -0.3 is 19.3 Å². The predicted molar refractivity (Wildman–Crippen MR) is 118 cm³/mol. The number of carbonyl (C=O) groups excluding carboxylic acids is 1. The lowest BCUT2D eigenvalue weighted by Gasteiger charge is -2.34. The number of rotatable bonds is 4. The van der Waals surface area contributed by atoms with Crippen LogP contribution in [0, 0.1) is 5.92 Å². The third-order valence-corrected chi connectivity index (χ3v) is 6.62. The zero-order chi connectivity index (χ0) is 21.4. The molecular weight excluding hydrogens is 390 g/mol. The molecule has 31 heavy (non-hydrogen) atoms. The third-order valence-electron chi connectivity index (χ3n) is 6.62. The van der Waals surface area contributed by atoms with Gasteiger partial charge in [-0.1, -0.05) is 48.5 Å². The Bertz CT molecular complexity index is 1050. The highest BCUT2D eigenvalue weighted by Crippen LogP contribution is 2.44. The van der Waals surface area contributed by atoms with Gasteiger partial charge in [0.05, 0.1) is 0 Å². The van der Waals surface area contributed by atoms with E-state index in [0.717, 1.165) is 12.8 Å². The molecule has 0 spiro atoms. The second-order valence-corrected chi connectivity index (χ2v) is 8.49. The van der Waals surface area contributed by atoms with Gasteiger partial charge in [0, 0.05) is 44.4 Å². The highest BCUT2D eigenvalue weighted by Gasteiger charge is 2.33. The summed E-state index contributed by atoms with van der Waals surface area (Å²) < 4.78 is 7.64. The first kappa shape index (κ1) is 19.8. The van der Waals surface area contributed by atoms with Crippen LogP contribution in [0.15, 0.2) is 60.9 Å². The Morgan fingerprint density at radius 3 is 2.48 bits per heavy atom. The number of amides is 1. The van der Waals surface area contributed by atoms with Gasteiger partial charge in [0.2, 0.25) is 0 Å². The molecule has 1 amide bonds. The van der Waals surface area contributed by atoms with Crippen LogP contribution in [0.3, 0.4) is 0 Å². The van der Waals surface area contributed by atoms with Gasteiger partial charge in [0.15, 0.2) is 0 Å². The van der Waals surface area contributed by atoms with Crippen molar-refractivity contribution in [1.29, 1.82) is 0 Å². The average Bonchev–Trinajstić information content (AvgIpc) is 3.38. The van der Waals surface area contributed by atoms with Gasteiger partial charge in [-0.05, 0) is 35.1 Å². The van der Waals surface area contributed by atoms with Gasteiger partial charge in [0.1, 0.15) is 18.5 Å². The Balaban J connectivity index is 1.26. The largest absolute Gasteiger partial charge is 0.448 e. The molecule has 6 heteroatoms. The van der Waals surface area contributed by atoms with E-state index in [2.05, 4.69) is 29.2 Å². The van der Waals surface area contributed by atoms with Gasteiger partial charge in [-0.15, -0.1) is 0 Å². The molecule has 1 aromatic heterocycles. The van der Waals surface area contributed by atoms with Crippen molar-refractivity contribution in [3.8, 4) is 11.1 Å². The minimum atomic E-state index is -0.691. The molecule has 1 fully saturated rings. The minimum Gasteiger partial charge on any atom is -0.448 e. The molecular formula is C25H27N3O3. The summed E-state index contributed by atoms with van der Waals surface area (Å²) >= 11 is 0. The Morgan fingerprint density at radius 2 is 1.84 bits per heavy atom. The number of fused-ring (bicyclic) bond motifs is 3. The molecule has 160 valence electrons. The molecule has 2 heterocycles. The predicted octanol–water partition coefficient (Wildman–Crippen LogP) is 4.11. The highest BCUT2D eigenvalue weighted by molar-refractivity contribution is 5.79. The van der Waals surface area contributed by atoms with Crippen LogP contribution < -0.4 is 0 Å². The maximum atomic E-state index is 12.9. The van der Waals surface area contributed by atoms with Crippen LogP contribution in [0.2, 0.25) is 0 Å². The molecule has 1 aliphatic heterocycles. The SMILES string of the molecule is Cn1ccnc1C(O)C1CCCN(C(=O)OCC2c3ccccc3-c3ccccc32)C1. The van der Waals surface area contributed by atoms with Crippen LogP contribution in [0.5, 0.6) is 0 Å². The number of aryl methyl sites for hydroxylation is 1. The first-order valence-corrected chi connectivity index (χ1v) is 10.9. The number of piperidine rings is 1. The standard InChI is InChI=1S/C25H27N3O3/c1-27-14-12-26-24(27)23(29)17-7-6-13-28(15-17)25(30)31-16-22-20-10-4-2-8-18(20)19-9-3-5-11-21(19)22/h2-5,8-12,14,17,22-23,29H,6-7,13,15-16H2,1H3. The smallest absolute Gasteiger partial charge is 0.409 e. The van der Waals surface area contributed by atoms with Crippen molar-refractivity contribution in [2.24, 2.45) is 13.0 Å². The normalized spacial score (nSPS) is 19.0. The molecule has 0 radical (unpaired) electrons. The number of imidazole rings is 1. The Morgan fingerprint density at radius 1 is 1.16 bits per heavy atom. The third kappa shape index (κ3) is 3.61. The van der Waals surface area contributed by atoms with Crippen molar-refractivity contribution in [1.82, 2.24) is 14.5 Å². The summed E-state index contributed by atoms with van der Waals surface area (Å²) in [6, 6.07) is 16.7. The number of aliphatic hydroxyl groups is 1. The molecule has 2 atom stereocenters. The van der Waals surface area contributed by atoms with E-state index in [1.165, 1.54) is 22.3 Å². The molecule has 1 N–H and O–H groups in total. The lowest BCUT2D eigenvalue weighted by Crippen LogP contribution is -2.42.